The number of carbonyl (C=O) groups excluding carboxylic acids is 1. The monoisotopic (exact) mass is 287 g/mol. The van der Waals surface area contributed by atoms with Crippen LogP contribution in [0.3, 0.4) is 0 Å². The van der Waals surface area contributed by atoms with Crippen molar-refractivity contribution in [3.63, 3.8) is 0 Å². The summed E-state index contributed by atoms with van der Waals surface area (Å²) in [7, 11) is -0.497. The van der Waals surface area contributed by atoms with Gasteiger partial charge in [0, 0.05) is 27.2 Å². The molecule has 1 aromatic rings. The van der Waals surface area contributed by atoms with Gasteiger partial charge in [0.2, 0.25) is 10.0 Å². The van der Waals surface area contributed by atoms with Crippen LogP contribution in [0, 0.1) is 0 Å². The summed E-state index contributed by atoms with van der Waals surface area (Å²) in [5.74, 6) is -0.121. The average Bonchev–Trinajstić information content (AvgIpc) is 2.34. The van der Waals surface area contributed by atoms with Gasteiger partial charge in [-0.2, -0.15) is 0 Å². The van der Waals surface area contributed by atoms with Gasteiger partial charge in [-0.05, 0) is 18.2 Å². The highest BCUT2D eigenvalue weighted by Crippen LogP contribution is 2.15. The lowest BCUT2D eigenvalue weighted by atomic mass is 10.3. The number of hydrogen-bond acceptors (Lipinski definition) is 4. The molecule has 1 rings (SSSR count). The highest BCUT2D eigenvalue weighted by Gasteiger charge is 2.13. The highest BCUT2D eigenvalue weighted by molar-refractivity contribution is 7.89. The molecule has 0 radical (unpaired) electrons. The molecule has 0 aliphatic rings. The second-order valence-electron chi connectivity index (χ2n) is 4.02. The van der Waals surface area contributed by atoms with Crippen LogP contribution in [0.4, 0.5) is 4.79 Å². The Morgan fingerprint density at radius 1 is 1.32 bits per heavy atom. The summed E-state index contributed by atoms with van der Waals surface area (Å²) >= 11 is 0. The third-order valence-electron chi connectivity index (χ3n) is 2.23. The predicted molar refractivity (Wildman–Crippen MR) is 70.4 cm³/mol. The fourth-order valence-electron chi connectivity index (χ4n) is 1.25. The first-order valence-corrected chi connectivity index (χ1v) is 7.05. The van der Waals surface area contributed by atoms with Crippen LogP contribution in [0.5, 0.6) is 5.75 Å². The summed E-state index contributed by atoms with van der Waals surface area (Å²) in [5, 5.41) is 11.8. The topological polar surface area (TPSA) is 98.7 Å². The molecule has 0 bridgehead atoms. The van der Waals surface area contributed by atoms with E-state index in [0.717, 1.165) is 6.07 Å². The molecule has 3 N–H and O–H groups in total. The Kier molecular flexibility index (Phi) is 5.13. The number of aromatic hydroxyl groups is 1. The fraction of sp³-hybridized carbons (Fsp3) is 0.364. The number of nitrogens with zero attached hydrogens (tertiary/aromatic N) is 1. The van der Waals surface area contributed by atoms with E-state index < -0.39 is 10.0 Å². The van der Waals surface area contributed by atoms with E-state index in [9.17, 15) is 18.3 Å². The van der Waals surface area contributed by atoms with Crippen molar-refractivity contribution in [1.82, 2.24) is 14.9 Å². The molecule has 8 heteroatoms. The molecular weight excluding hydrogens is 270 g/mol. The molecule has 7 nitrogen and oxygen atoms in total. The smallest absolute Gasteiger partial charge is 0.316 e. The Hall–Kier alpha value is -1.80. The molecule has 0 fully saturated rings. The first-order valence-electron chi connectivity index (χ1n) is 5.57. The molecule has 2 amide bonds. The maximum absolute atomic E-state index is 11.8. The number of amides is 2. The van der Waals surface area contributed by atoms with Crippen molar-refractivity contribution in [2.24, 2.45) is 0 Å². The molecule has 0 spiro atoms. The number of sulfonamides is 1. The normalized spacial score (nSPS) is 11.1. The number of urea groups is 1. The summed E-state index contributed by atoms with van der Waals surface area (Å²) in [6, 6.07) is 5.06. The van der Waals surface area contributed by atoms with Crippen molar-refractivity contribution in [2.45, 2.75) is 4.90 Å². The SMILES string of the molecule is CN(C)C(=O)NCCNS(=O)(=O)c1cccc(O)c1. The van der Waals surface area contributed by atoms with E-state index in [1.165, 1.54) is 23.1 Å². The van der Waals surface area contributed by atoms with Crippen LogP contribution >= 0.6 is 0 Å². The quantitative estimate of drug-likeness (QED) is 0.661. The first-order chi connectivity index (χ1) is 8.83. The van der Waals surface area contributed by atoms with Gasteiger partial charge in [-0.3, -0.25) is 0 Å². The average molecular weight is 287 g/mol. The maximum atomic E-state index is 11.8. The van der Waals surface area contributed by atoms with Gasteiger partial charge >= 0.3 is 6.03 Å². The van der Waals surface area contributed by atoms with Gasteiger partial charge in [-0.25, -0.2) is 17.9 Å². The Morgan fingerprint density at radius 3 is 2.58 bits per heavy atom. The highest BCUT2D eigenvalue weighted by atomic mass is 32.2. The minimum absolute atomic E-state index is 0.0218. The minimum Gasteiger partial charge on any atom is -0.508 e. The van der Waals surface area contributed by atoms with Crippen molar-refractivity contribution in [3.05, 3.63) is 24.3 Å². The Morgan fingerprint density at radius 2 is 2.00 bits per heavy atom. The van der Waals surface area contributed by atoms with Crippen LogP contribution in [0.1, 0.15) is 0 Å². The molecule has 0 heterocycles. The zero-order chi connectivity index (χ0) is 14.5. The third kappa shape index (κ3) is 4.76. The van der Waals surface area contributed by atoms with Crippen LogP contribution in [-0.4, -0.2) is 51.6 Å². The lowest BCUT2D eigenvalue weighted by Crippen LogP contribution is -2.39. The van der Waals surface area contributed by atoms with Gasteiger partial charge in [0.1, 0.15) is 5.75 Å². The van der Waals surface area contributed by atoms with Gasteiger partial charge in [0.25, 0.3) is 0 Å². The van der Waals surface area contributed by atoms with E-state index in [2.05, 4.69) is 10.0 Å². The Bertz CT molecular complexity index is 543. The van der Waals surface area contributed by atoms with E-state index in [4.69, 9.17) is 0 Å². The van der Waals surface area contributed by atoms with Crippen molar-refractivity contribution in [3.8, 4) is 5.75 Å². The van der Waals surface area contributed by atoms with Crippen LogP contribution in [0.25, 0.3) is 0 Å². The lowest BCUT2D eigenvalue weighted by molar-refractivity contribution is 0.217. The molecule has 0 aliphatic heterocycles. The predicted octanol–water partition coefficient (Wildman–Crippen LogP) is -0.0583. The number of nitrogens with one attached hydrogen (secondary N) is 2. The van der Waals surface area contributed by atoms with Crippen LogP contribution in [-0.2, 0) is 10.0 Å². The van der Waals surface area contributed by atoms with E-state index in [1.54, 1.807) is 14.1 Å². The molecule has 19 heavy (non-hydrogen) atoms. The number of rotatable bonds is 5. The maximum Gasteiger partial charge on any atom is 0.316 e. The summed E-state index contributed by atoms with van der Waals surface area (Å²) in [6.45, 7) is 0.243. The summed E-state index contributed by atoms with van der Waals surface area (Å²) < 4.78 is 26.0. The first kappa shape index (κ1) is 15.3. The van der Waals surface area contributed by atoms with Crippen molar-refractivity contribution >= 4 is 16.1 Å². The summed E-state index contributed by atoms with van der Waals surface area (Å²) in [6.07, 6.45) is 0. The Labute approximate surface area is 112 Å². The Balaban J connectivity index is 2.51. The number of phenols is 1. The molecule has 106 valence electrons. The van der Waals surface area contributed by atoms with Gasteiger partial charge in [0.15, 0.2) is 0 Å². The number of carbonyl (C=O) groups is 1. The largest absolute Gasteiger partial charge is 0.508 e. The van der Waals surface area contributed by atoms with E-state index in [1.807, 2.05) is 0 Å². The van der Waals surface area contributed by atoms with Crippen molar-refractivity contribution in [1.29, 1.82) is 0 Å². The van der Waals surface area contributed by atoms with Crippen molar-refractivity contribution < 1.29 is 18.3 Å². The van der Waals surface area contributed by atoms with E-state index in [-0.39, 0.29) is 29.8 Å². The minimum atomic E-state index is -3.68. The summed E-state index contributed by atoms with van der Waals surface area (Å²) in [4.78, 5) is 12.5. The number of phenolic OH excluding ortho intramolecular Hbond substituents is 1. The standard InChI is InChI=1S/C11H17N3O4S/c1-14(2)11(16)12-6-7-13-19(17,18)10-5-3-4-9(15)8-10/h3-5,8,13,15H,6-7H2,1-2H3,(H,12,16). The molecule has 0 unspecified atom stereocenters. The van der Waals surface area contributed by atoms with Crippen LogP contribution in [0.2, 0.25) is 0 Å². The molecule has 0 atom stereocenters. The zero-order valence-electron chi connectivity index (χ0n) is 10.8. The van der Waals surface area contributed by atoms with Crippen molar-refractivity contribution in [2.75, 3.05) is 27.2 Å². The van der Waals surface area contributed by atoms with Gasteiger partial charge in [-0.1, -0.05) is 6.07 Å². The number of hydrogen-bond donors (Lipinski definition) is 3. The second kappa shape index (κ2) is 6.39. The molecule has 1 aromatic carbocycles. The van der Waals surface area contributed by atoms with Gasteiger partial charge < -0.3 is 15.3 Å². The molecule has 0 saturated heterocycles. The number of benzene rings is 1. The lowest BCUT2D eigenvalue weighted by Gasteiger charge is -2.12. The molecule has 0 aromatic heterocycles. The van der Waals surface area contributed by atoms with Crippen LogP contribution in [0.15, 0.2) is 29.2 Å². The fourth-order valence-corrected chi connectivity index (χ4v) is 2.32. The van der Waals surface area contributed by atoms with Gasteiger partial charge in [0.05, 0.1) is 4.90 Å². The van der Waals surface area contributed by atoms with E-state index in [0.29, 0.717) is 0 Å². The molecule has 0 saturated carbocycles. The summed E-state index contributed by atoms with van der Waals surface area (Å²) in [5.41, 5.74) is 0. The molecular formula is C11H17N3O4S. The second-order valence-corrected chi connectivity index (χ2v) is 5.79. The van der Waals surface area contributed by atoms with E-state index >= 15 is 0 Å². The molecule has 0 aliphatic carbocycles. The zero-order valence-corrected chi connectivity index (χ0v) is 11.6. The third-order valence-corrected chi connectivity index (χ3v) is 3.69. The van der Waals surface area contributed by atoms with Gasteiger partial charge in [-0.15, -0.1) is 0 Å². The van der Waals surface area contributed by atoms with Crippen LogP contribution < -0.4 is 10.0 Å².